The van der Waals surface area contributed by atoms with Crippen molar-refractivity contribution in [2.75, 3.05) is 19.0 Å². The Labute approximate surface area is 202 Å². The van der Waals surface area contributed by atoms with Crippen LogP contribution >= 0.6 is 0 Å². The lowest BCUT2D eigenvalue weighted by Gasteiger charge is -2.12. The molecule has 0 aliphatic carbocycles. The SMILES string of the molecule is COc1cc(/C(C)=N\NC(=O)c2ccccc2NC(=O)Cc2ccccc2)ccc1OCC(N)=O. The number of nitrogens with two attached hydrogens (primary N) is 1. The van der Waals surface area contributed by atoms with E-state index in [1.807, 2.05) is 30.3 Å². The van der Waals surface area contributed by atoms with E-state index >= 15 is 0 Å². The van der Waals surface area contributed by atoms with Crippen LogP contribution < -0.4 is 25.9 Å². The topological polar surface area (TPSA) is 132 Å². The molecule has 3 aromatic rings. The number of hydrazone groups is 1. The van der Waals surface area contributed by atoms with Crippen molar-refractivity contribution in [2.45, 2.75) is 13.3 Å². The van der Waals surface area contributed by atoms with Crippen molar-refractivity contribution in [3.05, 3.63) is 89.5 Å². The molecule has 9 nitrogen and oxygen atoms in total. The summed E-state index contributed by atoms with van der Waals surface area (Å²) in [6.07, 6.45) is 0.190. The van der Waals surface area contributed by atoms with E-state index in [1.165, 1.54) is 7.11 Å². The fraction of sp³-hybridized carbons (Fsp3) is 0.154. The third-order valence-electron chi connectivity index (χ3n) is 4.93. The number of hydrogen-bond acceptors (Lipinski definition) is 6. The van der Waals surface area contributed by atoms with Gasteiger partial charge in [0, 0.05) is 5.56 Å². The highest BCUT2D eigenvalue weighted by atomic mass is 16.5. The van der Waals surface area contributed by atoms with E-state index in [9.17, 15) is 14.4 Å². The minimum absolute atomic E-state index is 0.190. The molecule has 0 bridgehead atoms. The molecule has 180 valence electrons. The quantitative estimate of drug-likeness (QED) is 0.307. The average molecular weight is 475 g/mol. The Morgan fingerprint density at radius 2 is 1.66 bits per heavy atom. The first-order valence-corrected chi connectivity index (χ1v) is 10.7. The predicted molar refractivity (Wildman–Crippen MR) is 133 cm³/mol. The van der Waals surface area contributed by atoms with Gasteiger partial charge in [0.25, 0.3) is 11.8 Å². The Bertz CT molecular complexity index is 1240. The number of hydrogen-bond donors (Lipinski definition) is 3. The number of carbonyl (C=O) groups excluding carboxylic acids is 3. The molecule has 0 heterocycles. The van der Waals surface area contributed by atoms with Gasteiger partial charge in [0.2, 0.25) is 5.91 Å². The van der Waals surface area contributed by atoms with Crippen LogP contribution in [0, 0.1) is 0 Å². The van der Waals surface area contributed by atoms with Gasteiger partial charge in [0.1, 0.15) is 0 Å². The first-order valence-electron chi connectivity index (χ1n) is 10.7. The number of amides is 3. The van der Waals surface area contributed by atoms with Crippen LogP contribution in [0.1, 0.15) is 28.4 Å². The third-order valence-corrected chi connectivity index (χ3v) is 4.93. The molecular weight excluding hydrogens is 448 g/mol. The molecule has 0 spiro atoms. The number of nitrogens with zero attached hydrogens (tertiary/aromatic N) is 1. The Balaban J connectivity index is 1.69. The largest absolute Gasteiger partial charge is 0.493 e. The fourth-order valence-corrected chi connectivity index (χ4v) is 3.19. The maximum atomic E-state index is 12.8. The number of primary amides is 1. The molecule has 0 aliphatic heterocycles. The van der Waals surface area contributed by atoms with E-state index in [2.05, 4.69) is 15.8 Å². The van der Waals surface area contributed by atoms with Gasteiger partial charge < -0.3 is 20.5 Å². The average Bonchev–Trinajstić information content (AvgIpc) is 2.86. The number of nitrogens with one attached hydrogen (secondary N) is 2. The third kappa shape index (κ3) is 7.16. The van der Waals surface area contributed by atoms with E-state index in [4.69, 9.17) is 15.2 Å². The molecule has 9 heteroatoms. The zero-order chi connectivity index (χ0) is 25.2. The number of anilines is 1. The number of benzene rings is 3. The molecule has 0 radical (unpaired) electrons. The summed E-state index contributed by atoms with van der Waals surface area (Å²) in [6.45, 7) is 1.44. The summed E-state index contributed by atoms with van der Waals surface area (Å²) in [5.41, 5.74) is 10.3. The number of para-hydroxylation sites is 1. The molecule has 3 amide bonds. The lowest BCUT2D eigenvalue weighted by atomic mass is 10.1. The number of ether oxygens (including phenoxy) is 2. The number of carbonyl (C=O) groups is 3. The first-order chi connectivity index (χ1) is 16.9. The Morgan fingerprint density at radius 3 is 2.37 bits per heavy atom. The van der Waals surface area contributed by atoms with Crippen molar-refractivity contribution in [1.29, 1.82) is 0 Å². The summed E-state index contributed by atoms with van der Waals surface area (Å²) in [6, 6.07) is 21.0. The van der Waals surface area contributed by atoms with Gasteiger partial charge in [0.15, 0.2) is 18.1 Å². The summed E-state index contributed by atoms with van der Waals surface area (Å²) in [7, 11) is 1.47. The van der Waals surface area contributed by atoms with E-state index in [0.29, 0.717) is 28.5 Å². The van der Waals surface area contributed by atoms with Crippen molar-refractivity contribution in [3.8, 4) is 11.5 Å². The molecule has 0 saturated heterocycles. The standard InChI is InChI=1S/C26H26N4O5/c1-17(19-12-13-22(23(15-19)34-2)35-16-24(27)31)29-30-26(33)20-10-6-7-11-21(20)28-25(32)14-18-8-4-3-5-9-18/h3-13,15H,14,16H2,1-2H3,(H2,27,31)(H,28,32)(H,30,33)/b29-17-. The summed E-state index contributed by atoms with van der Waals surface area (Å²) < 4.78 is 10.6. The maximum absolute atomic E-state index is 12.8. The van der Waals surface area contributed by atoms with Crippen LogP contribution in [0.2, 0.25) is 0 Å². The van der Waals surface area contributed by atoms with Crippen molar-refractivity contribution >= 4 is 29.1 Å². The van der Waals surface area contributed by atoms with Crippen molar-refractivity contribution in [2.24, 2.45) is 10.8 Å². The molecule has 0 aromatic heterocycles. The van der Waals surface area contributed by atoms with Gasteiger partial charge >= 0.3 is 0 Å². The maximum Gasteiger partial charge on any atom is 0.273 e. The molecule has 0 aliphatic rings. The molecule has 3 aromatic carbocycles. The molecule has 0 saturated carbocycles. The Morgan fingerprint density at radius 1 is 0.943 bits per heavy atom. The van der Waals surface area contributed by atoms with Crippen molar-refractivity contribution in [3.63, 3.8) is 0 Å². The second kappa shape index (κ2) is 12.0. The van der Waals surface area contributed by atoms with Crippen LogP contribution in [0.4, 0.5) is 5.69 Å². The zero-order valence-electron chi connectivity index (χ0n) is 19.4. The van der Waals surface area contributed by atoms with E-state index in [-0.39, 0.29) is 24.5 Å². The van der Waals surface area contributed by atoms with Crippen LogP contribution in [-0.4, -0.2) is 37.1 Å². The molecule has 35 heavy (non-hydrogen) atoms. The molecule has 3 rings (SSSR count). The second-order valence-electron chi connectivity index (χ2n) is 7.51. The summed E-state index contributed by atoms with van der Waals surface area (Å²) >= 11 is 0. The zero-order valence-corrected chi connectivity index (χ0v) is 19.4. The van der Waals surface area contributed by atoms with Gasteiger partial charge in [-0.3, -0.25) is 14.4 Å². The highest BCUT2D eigenvalue weighted by Crippen LogP contribution is 2.28. The van der Waals surface area contributed by atoms with Gasteiger partial charge in [-0.15, -0.1) is 0 Å². The van der Waals surface area contributed by atoms with E-state index in [1.54, 1.807) is 49.4 Å². The minimum atomic E-state index is -0.604. The lowest BCUT2D eigenvalue weighted by molar-refractivity contribution is -0.120. The number of rotatable bonds is 10. The fourth-order valence-electron chi connectivity index (χ4n) is 3.19. The lowest BCUT2D eigenvalue weighted by Crippen LogP contribution is -2.23. The van der Waals surface area contributed by atoms with Crippen LogP contribution in [0.3, 0.4) is 0 Å². The predicted octanol–water partition coefficient (Wildman–Crippen LogP) is 2.89. The summed E-state index contributed by atoms with van der Waals surface area (Å²) in [4.78, 5) is 36.2. The highest BCUT2D eigenvalue weighted by molar-refractivity contribution is 6.05. The van der Waals surface area contributed by atoms with Crippen LogP contribution in [0.5, 0.6) is 11.5 Å². The van der Waals surface area contributed by atoms with Crippen LogP contribution in [0.25, 0.3) is 0 Å². The minimum Gasteiger partial charge on any atom is -0.493 e. The second-order valence-corrected chi connectivity index (χ2v) is 7.51. The molecule has 4 N–H and O–H groups in total. The van der Waals surface area contributed by atoms with Crippen LogP contribution in [0.15, 0.2) is 77.9 Å². The van der Waals surface area contributed by atoms with Gasteiger partial charge in [0.05, 0.1) is 30.5 Å². The molecule has 0 fully saturated rings. The smallest absolute Gasteiger partial charge is 0.273 e. The van der Waals surface area contributed by atoms with Gasteiger partial charge in [-0.2, -0.15) is 5.10 Å². The Hall–Kier alpha value is -4.66. The van der Waals surface area contributed by atoms with Gasteiger partial charge in [-0.25, -0.2) is 5.43 Å². The molecular formula is C26H26N4O5. The van der Waals surface area contributed by atoms with Crippen molar-refractivity contribution < 1.29 is 23.9 Å². The molecule has 0 unspecified atom stereocenters. The normalized spacial score (nSPS) is 10.9. The monoisotopic (exact) mass is 474 g/mol. The summed E-state index contributed by atoms with van der Waals surface area (Å²) in [5.74, 6) is -0.577. The van der Waals surface area contributed by atoms with E-state index < -0.39 is 11.8 Å². The number of methoxy groups -OCH3 is 1. The molecule has 0 atom stereocenters. The Kier molecular flexibility index (Phi) is 8.55. The van der Waals surface area contributed by atoms with E-state index in [0.717, 1.165) is 5.56 Å². The highest BCUT2D eigenvalue weighted by Gasteiger charge is 2.14. The van der Waals surface area contributed by atoms with Crippen molar-refractivity contribution in [1.82, 2.24) is 5.43 Å². The van der Waals surface area contributed by atoms with Crippen LogP contribution in [-0.2, 0) is 16.0 Å². The van der Waals surface area contributed by atoms with Gasteiger partial charge in [-0.1, -0.05) is 42.5 Å². The first kappa shape index (κ1) is 25.0. The summed E-state index contributed by atoms with van der Waals surface area (Å²) in [5, 5.41) is 6.96. The van der Waals surface area contributed by atoms with Gasteiger partial charge in [-0.05, 0) is 42.8 Å².